The molecule has 33 heavy (non-hydrogen) atoms. The SMILES string of the molecule is CCOc1cc(N2CCOCC2)c(OCC)cc1NC(=O)CN1CCN(C(=O)N(C)C)CC1. The summed E-state index contributed by atoms with van der Waals surface area (Å²) in [7, 11) is 3.50. The molecular weight excluding hydrogens is 426 g/mol. The Kier molecular flexibility index (Phi) is 9.02. The van der Waals surface area contributed by atoms with Crippen molar-refractivity contribution < 1.29 is 23.8 Å². The summed E-state index contributed by atoms with van der Waals surface area (Å²) in [6, 6.07) is 3.80. The topological polar surface area (TPSA) is 86.8 Å². The summed E-state index contributed by atoms with van der Waals surface area (Å²) >= 11 is 0. The number of hydrogen-bond acceptors (Lipinski definition) is 7. The van der Waals surface area contributed by atoms with Crippen LogP contribution in [-0.2, 0) is 9.53 Å². The zero-order valence-corrected chi connectivity index (χ0v) is 20.3. The lowest BCUT2D eigenvalue weighted by molar-refractivity contribution is -0.117. The summed E-state index contributed by atoms with van der Waals surface area (Å²) in [5, 5.41) is 3.01. The molecule has 2 aliphatic heterocycles. The minimum atomic E-state index is -0.120. The van der Waals surface area contributed by atoms with E-state index >= 15 is 0 Å². The highest BCUT2D eigenvalue weighted by Crippen LogP contribution is 2.39. The molecule has 0 saturated carbocycles. The second-order valence-corrected chi connectivity index (χ2v) is 8.27. The number of rotatable bonds is 8. The number of morpholine rings is 1. The average Bonchev–Trinajstić information content (AvgIpc) is 2.81. The summed E-state index contributed by atoms with van der Waals surface area (Å²) in [6.07, 6.45) is 0. The normalized spacial score (nSPS) is 17.0. The van der Waals surface area contributed by atoms with Gasteiger partial charge in [-0.15, -0.1) is 0 Å². The van der Waals surface area contributed by atoms with Gasteiger partial charge in [0.15, 0.2) is 0 Å². The zero-order chi connectivity index (χ0) is 23.8. The number of nitrogens with zero attached hydrogens (tertiary/aromatic N) is 4. The Balaban J connectivity index is 1.68. The molecule has 0 unspecified atom stereocenters. The van der Waals surface area contributed by atoms with Crippen LogP contribution in [0.1, 0.15) is 13.8 Å². The van der Waals surface area contributed by atoms with Crippen molar-refractivity contribution in [3.8, 4) is 11.5 Å². The van der Waals surface area contributed by atoms with Crippen molar-refractivity contribution in [1.82, 2.24) is 14.7 Å². The van der Waals surface area contributed by atoms with E-state index in [0.29, 0.717) is 69.8 Å². The number of ether oxygens (including phenoxy) is 3. The number of benzene rings is 1. The van der Waals surface area contributed by atoms with E-state index in [-0.39, 0.29) is 18.5 Å². The van der Waals surface area contributed by atoms with Crippen LogP contribution in [0.15, 0.2) is 12.1 Å². The maximum atomic E-state index is 12.9. The molecule has 0 atom stereocenters. The van der Waals surface area contributed by atoms with Gasteiger partial charge in [-0.2, -0.15) is 0 Å². The maximum absolute atomic E-state index is 12.9. The molecule has 1 aromatic carbocycles. The van der Waals surface area contributed by atoms with Gasteiger partial charge in [0, 0.05) is 65.5 Å². The molecule has 2 fully saturated rings. The summed E-state index contributed by atoms with van der Waals surface area (Å²) in [4.78, 5) is 32.6. The number of amides is 3. The van der Waals surface area contributed by atoms with Gasteiger partial charge in [-0.05, 0) is 13.8 Å². The Bertz CT molecular complexity index is 805. The minimum absolute atomic E-state index is 0.00395. The molecular formula is C23H37N5O5. The van der Waals surface area contributed by atoms with Gasteiger partial charge in [-0.1, -0.05) is 0 Å². The highest BCUT2D eigenvalue weighted by molar-refractivity contribution is 5.94. The van der Waals surface area contributed by atoms with Crippen LogP contribution < -0.4 is 19.7 Å². The molecule has 3 amide bonds. The molecule has 0 aliphatic carbocycles. The Morgan fingerprint density at radius 2 is 1.61 bits per heavy atom. The lowest BCUT2D eigenvalue weighted by Crippen LogP contribution is -2.52. The molecule has 2 heterocycles. The van der Waals surface area contributed by atoms with E-state index in [1.807, 2.05) is 26.0 Å². The molecule has 10 nitrogen and oxygen atoms in total. The van der Waals surface area contributed by atoms with Crippen LogP contribution in [0.4, 0.5) is 16.2 Å². The first kappa shape index (κ1) is 24.9. The number of hydrogen-bond donors (Lipinski definition) is 1. The molecule has 0 radical (unpaired) electrons. The van der Waals surface area contributed by atoms with Crippen molar-refractivity contribution >= 4 is 23.3 Å². The van der Waals surface area contributed by atoms with Gasteiger partial charge < -0.3 is 34.2 Å². The minimum Gasteiger partial charge on any atom is -0.492 e. The van der Waals surface area contributed by atoms with Crippen LogP contribution in [0.3, 0.4) is 0 Å². The first-order valence-corrected chi connectivity index (χ1v) is 11.7. The van der Waals surface area contributed by atoms with Crippen LogP contribution in [0.2, 0.25) is 0 Å². The maximum Gasteiger partial charge on any atom is 0.319 e. The van der Waals surface area contributed by atoms with Crippen molar-refractivity contribution in [2.45, 2.75) is 13.8 Å². The predicted molar refractivity (Wildman–Crippen MR) is 128 cm³/mol. The van der Waals surface area contributed by atoms with Crippen LogP contribution in [0, 0.1) is 0 Å². The number of anilines is 2. The van der Waals surface area contributed by atoms with E-state index in [1.165, 1.54) is 0 Å². The third-order valence-electron chi connectivity index (χ3n) is 5.68. The summed E-state index contributed by atoms with van der Waals surface area (Å²) in [5.74, 6) is 1.22. The predicted octanol–water partition coefficient (Wildman–Crippen LogP) is 1.56. The van der Waals surface area contributed by atoms with Crippen molar-refractivity contribution in [2.24, 2.45) is 0 Å². The molecule has 0 aromatic heterocycles. The Labute approximate surface area is 196 Å². The molecule has 3 rings (SSSR count). The summed E-state index contributed by atoms with van der Waals surface area (Å²) < 4.78 is 17.3. The number of carbonyl (C=O) groups is 2. The first-order chi connectivity index (χ1) is 15.9. The van der Waals surface area contributed by atoms with E-state index in [9.17, 15) is 9.59 Å². The summed E-state index contributed by atoms with van der Waals surface area (Å²) in [5.41, 5.74) is 1.55. The lowest BCUT2D eigenvalue weighted by Gasteiger charge is -2.35. The Morgan fingerprint density at radius 3 is 2.21 bits per heavy atom. The van der Waals surface area contributed by atoms with Gasteiger partial charge in [-0.3, -0.25) is 9.69 Å². The van der Waals surface area contributed by atoms with Crippen LogP contribution in [-0.4, -0.2) is 113 Å². The van der Waals surface area contributed by atoms with Gasteiger partial charge >= 0.3 is 6.03 Å². The highest BCUT2D eigenvalue weighted by Gasteiger charge is 2.24. The zero-order valence-electron chi connectivity index (χ0n) is 20.3. The monoisotopic (exact) mass is 463 g/mol. The average molecular weight is 464 g/mol. The number of nitrogens with one attached hydrogen (secondary N) is 1. The number of urea groups is 1. The smallest absolute Gasteiger partial charge is 0.319 e. The van der Waals surface area contributed by atoms with Crippen LogP contribution in [0.25, 0.3) is 0 Å². The first-order valence-electron chi connectivity index (χ1n) is 11.7. The molecule has 2 saturated heterocycles. The standard InChI is InChI=1S/C23H37N5O5/c1-5-32-20-16-19(27-11-13-31-14-12-27)21(33-6-2)15-18(20)24-22(29)17-26-7-9-28(10-8-26)23(30)25(3)4/h15-16H,5-14,17H2,1-4H3,(H,24,29). The van der Waals surface area contributed by atoms with Crippen molar-refractivity contribution in [2.75, 3.05) is 96.6 Å². The second-order valence-electron chi connectivity index (χ2n) is 8.27. The molecule has 2 aliphatic rings. The van der Waals surface area contributed by atoms with Crippen LogP contribution in [0.5, 0.6) is 11.5 Å². The number of carbonyl (C=O) groups excluding carboxylic acids is 2. The largest absolute Gasteiger partial charge is 0.492 e. The molecule has 1 N–H and O–H groups in total. The van der Waals surface area contributed by atoms with Gasteiger partial charge in [-0.25, -0.2) is 4.79 Å². The summed E-state index contributed by atoms with van der Waals surface area (Å²) in [6.45, 7) is 10.6. The molecule has 0 spiro atoms. The third-order valence-corrected chi connectivity index (χ3v) is 5.68. The quantitative estimate of drug-likeness (QED) is 0.626. The van der Waals surface area contributed by atoms with E-state index in [0.717, 1.165) is 18.8 Å². The molecule has 1 aromatic rings. The van der Waals surface area contributed by atoms with E-state index in [2.05, 4.69) is 15.1 Å². The van der Waals surface area contributed by atoms with Gasteiger partial charge in [0.25, 0.3) is 0 Å². The fourth-order valence-corrected chi connectivity index (χ4v) is 4.02. The fraction of sp³-hybridized carbons (Fsp3) is 0.652. The second kappa shape index (κ2) is 11.9. The molecule has 10 heteroatoms. The van der Waals surface area contributed by atoms with Gasteiger partial charge in [0.05, 0.1) is 44.3 Å². The van der Waals surface area contributed by atoms with E-state index in [1.54, 1.807) is 23.9 Å². The Hall–Kier alpha value is -2.72. The van der Waals surface area contributed by atoms with E-state index < -0.39 is 0 Å². The fourth-order valence-electron chi connectivity index (χ4n) is 4.02. The van der Waals surface area contributed by atoms with Crippen LogP contribution >= 0.6 is 0 Å². The third kappa shape index (κ3) is 6.64. The van der Waals surface area contributed by atoms with Crippen molar-refractivity contribution in [1.29, 1.82) is 0 Å². The van der Waals surface area contributed by atoms with E-state index in [4.69, 9.17) is 14.2 Å². The lowest BCUT2D eigenvalue weighted by atomic mass is 10.2. The molecule has 184 valence electrons. The highest BCUT2D eigenvalue weighted by atomic mass is 16.5. The van der Waals surface area contributed by atoms with Crippen molar-refractivity contribution in [3.05, 3.63) is 12.1 Å². The van der Waals surface area contributed by atoms with Gasteiger partial charge in [0.1, 0.15) is 11.5 Å². The molecule has 0 bridgehead atoms. The van der Waals surface area contributed by atoms with Crippen molar-refractivity contribution in [3.63, 3.8) is 0 Å². The van der Waals surface area contributed by atoms with Gasteiger partial charge in [0.2, 0.25) is 5.91 Å². The Morgan fingerprint density at radius 1 is 0.970 bits per heavy atom. The number of piperazine rings is 1.